The van der Waals surface area contributed by atoms with E-state index < -0.39 is 0 Å². The Bertz CT molecular complexity index is 473. The summed E-state index contributed by atoms with van der Waals surface area (Å²) in [7, 11) is 0. The molecule has 2 nitrogen and oxygen atoms in total. The molecule has 1 aliphatic rings. The molecule has 0 bridgehead atoms. The zero-order chi connectivity index (χ0) is 10.8. The van der Waals surface area contributed by atoms with Crippen LogP contribution in [0.1, 0.15) is 6.42 Å². The smallest absolute Gasteiger partial charge is 0.127 e. The molecule has 3 rings (SSSR count). The molecule has 0 spiro atoms. The summed E-state index contributed by atoms with van der Waals surface area (Å²) in [6.07, 6.45) is 1.24. The fourth-order valence-corrected chi connectivity index (χ4v) is 2.96. The van der Waals surface area contributed by atoms with Gasteiger partial charge < -0.3 is 10.1 Å². The first-order chi connectivity index (χ1) is 7.93. The molecule has 16 heavy (non-hydrogen) atoms. The summed E-state index contributed by atoms with van der Waals surface area (Å²) in [5.41, 5.74) is 0. The molecule has 0 amide bonds. The van der Waals surface area contributed by atoms with Gasteiger partial charge in [-0.2, -0.15) is 0 Å². The third-order valence-electron chi connectivity index (χ3n) is 3.09. The highest BCUT2D eigenvalue weighted by Gasteiger charge is 2.15. The Morgan fingerprint density at radius 2 is 2.38 bits per heavy atom. The van der Waals surface area contributed by atoms with Gasteiger partial charge >= 0.3 is 0 Å². The minimum absolute atomic E-state index is 0.675. The van der Waals surface area contributed by atoms with Gasteiger partial charge in [0.25, 0.3) is 0 Å². The molecule has 2 aromatic rings. The van der Waals surface area contributed by atoms with Crippen LogP contribution in [0.15, 0.2) is 29.6 Å². The fourth-order valence-electron chi connectivity index (χ4n) is 2.16. The molecule has 1 aromatic carbocycles. The SMILES string of the molecule is c1cc(OCC2CCNC2)c2ccsc2c1. The van der Waals surface area contributed by atoms with Crippen LogP contribution in [0.4, 0.5) is 0 Å². The average molecular weight is 233 g/mol. The number of fused-ring (bicyclic) bond motifs is 1. The van der Waals surface area contributed by atoms with Gasteiger partial charge in [0.2, 0.25) is 0 Å². The maximum absolute atomic E-state index is 5.93. The van der Waals surface area contributed by atoms with E-state index >= 15 is 0 Å². The number of benzene rings is 1. The summed E-state index contributed by atoms with van der Waals surface area (Å²) < 4.78 is 7.24. The highest BCUT2D eigenvalue weighted by Crippen LogP contribution is 2.29. The summed E-state index contributed by atoms with van der Waals surface area (Å²) >= 11 is 1.77. The van der Waals surface area contributed by atoms with Crippen molar-refractivity contribution in [1.82, 2.24) is 5.32 Å². The minimum atomic E-state index is 0.675. The van der Waals surface area contributed by atoms with E-state index in [1.807, 2.05) is 0 Å². The first-order valence-corrected chi connectivity index (χ1v) is 6.61. The Morgan fingerprint density at radius 1 is 1.38 bits per heavy atom. The molecule has 1 N–H and O–H groups in total. The minimum Gasteiger partial charge on any atom is -0.493 e. The zero-order valence-corrected chi connectivity index (χ0v) is 9.93. The van der Waals surface area contributed by atoms with Crippen LogP contribution in [0.25, 0.3) is 10.1 Å². The Hall–Kier alpha value is -1.06. The van der Waals surface area contributed by atoms with Gasteiger partial charge in [0.1, 0.15) is 5.75 Å². The molecule has 0 radical (unpaired) electrons. The predicted octanol–water partition coefficient (Wildman–Crippen LogP) is 2.89. The molecule has 1 saturated heterocycles. The monoisotopic (exact) mass is 233 g/mol. The topological polar surface area (TPSA) is 21.3 Å². The first-order valence-electron chi connectivity index (χ1n) is 5.73. The van der Waals surface area contributed by atoms with Gasteiger partial charge in [-0.05, 0) is 36.5 Å². The lowest BCUT2D eigenvalue weighted by molar-refractivity contribution is 0.263. The second kappa shape index (κ2) is 4.44. The van der Waals surface area contributed by atoms with Crippen molar-refractivity contribution >= 4 is 21.4 Å². The highest BCUT2D eigenvalue weighted by atomic mass is 32.1. The number of rotatable bonds is 3. The van der Waals surface area contributed by atoms with E-state index in [9.17, 15) is 0 Å². The Labute approximate surface area is 99.2 Å². The molecule has 1 aliphatic heterocycles. The molecular weight excluding hydrogens is 218 g/mol. The maximum Gasteiger partial charge on any atom is 0.127 e. The third-order valence-corrected chi connectivity index (χ3v) is 3.97. The second-order valence-corrected chi connectivity index (χ2v) is 5.21. The molecule has 1 fully saturated rings. The summed E-state index contributed by atoms with van der Waals surface area (Å²) in [4.78, 5) is 0. The molecule has 3 heteroatoms. The number of hydrogen-bond acceptors (Lipinski definition) is 3. The molecule has 0 aliphatic carbocycles. The lowest BCUT2D eigenvalue weighted by Crippen LogP contribution is -2.15. The molecule has 84 valence electrons. The van der Waals surface area contributed by atoms with Crippen LogP contribution >= 0.6 is 11.3 Å². The largest absolute Gasteiger partial charge is 0.493 e. The highest BCUT2D eigenvalue weighted by molar-refractivity contribution is 7.17. The normalized spacial score (nSPS) is 20.4. The summed E-state index contributed by atoms with van der Waals surface area (Å²) in [5.74, 6) is 1.71. The Kier molecular flexibility index (Phi) is 2.80. The van der Waals surface area contributed by atoms with E-state index in [4.69, 9.17) is 4.74 Å². The van der Waals surface area contributed by atoms with Crippen LogP contribution in [0.5, 0.6) is 5.75 Å². The van der Waals surface area contributed by atoms with E-state index in [1.165, 1.54) is 16.5 Å². The fraction of sp³-hybridized carbons (Fsp3) is 0.385. The second-order valence-electron chi connectivity index (χ2n) is 4.26. The number of hydrogen-bond donors (Lipinski definition) is 1. The predicted molar refractivity (Wildman–Crippen MR) is 68.3 cm³/mol. The van der Waals surface area contributed by atoms with E-state index in [1.54, 1.807) is 11.3 Å². The quantitative estimate of drug-likeness (QED) is 0.880. The van der Waals surface area contributed by atoms with Gasteiger partial charge in [-0.1, -0.05) is 6.07 Å². The van der Waals surface area contributed by atoms with Crippen LogP contribution in [-0.4, -0.2) is 19.7 Å². The Balaban J connectivity index is 1.75. The van der Waals surface area contributed by atoms with Crippen molar-refractivity contribution in [2.45, 2.75) is 6.42 Å². The summed E-state index contributed by atoms with van der Waals surface area (Å²) in [5, 5.41) is 6.73. The lowest BCUT2D eigenvalue weighted by Gasteiger charge is -2.11. The van der Waals surface area contributed by atoms with Crippen LogP contribution in [-0.2, 0) is 0 Å². The van der Waals surface area contributed by atoms with Crippen LogP contribution in [0, 0.1) is 5.92 Å². The van der Waals surface area contributed by atoms with Crippen molar-refractivity contribution in [2.24, 2.45) is 5.92 Å². The molecular formula is C13H15NOS. The van der Waals surface area contributed by atoms with Gasteiger partial charge in [0.15, 0.2) is 0 Å². The van der Waals surface area contributed by atoms with Crippen molar-refractivity contribution in [3.8, 4) is 5.75 Å². The first kappa shape index (κ1) is 10.1. The number of thiophene rings is 1. The molecule has 0 saturated carbocycles. The van der Waals surface area contributed by atoms with Crippen molar-refractivity contribution in [1.29, 1.82) is 0 Å². The van der Waals surface area contributed by atoms with Crippen molar-refractivity contribution in [3.63, 3.8) is 0 Å². The van der Waals surface area contributed by atoms with Crippen LogP contribution in [0.3, 0.4) is 0 Å². The van der Waals surface area contributed by atoms with E-state index in [0.717, 1.165) is 25.4 Å². The maximum atomic E-state index is 5.93. The van der Waals surface area contributed by atoms with Crippen LogP contribution < -0.4 is 10.1 Å². The molecule has 2 heterocycles. The average Bonchev–Trinajstić information content (AvgIpc) is 2.97. The Morgan fingerprint density at radius 3 is 3.25 bits per heavy atom. The van der Waals surface area contributed by atoms with Crippen molar-refractivity contribution in [3.05, 3.63) is 29.6 Å². The van der Waals surface area contributed by atoms with Gasteiger partial charge in [-0.15, -0.1) is 11.3 Å². The van der Waals surface area contributed by atoms with Crippen molar-refractivity contribution in [2.75, 3.05) is 19.7 Å². The van der Waals surface area contributed by atoms with Crippen LogP contribution in [0.2, 0.25) is 0 Å². The number of ether oxygens (including phenoxy) is 1. The molecule has 1 aromatic heterocycles. The lowest BCUT2D eigenvalue weighted by atomic mass is 10.1. The third kappa shape index (κ3) is 1.93. The summed E-state index contributed by atoms with van der Waals surface area (Å²) in [6, 6.07) is 8.42. The van der Waals surface area contributed by atoms with E-state index in [0.29, 0.717) is 5.92 Å². The van der Waals surface area contributed by atoms with Crippen molar-refractivity contribution < 1.29 is 4.74 Å². The zero-order valence-electron chi connectivity index (χ0n) is 9.11. The van der Waals surface area contributed by atoms with Gasteiger partial charge in [-0.25, -0.2) is 0 Å². The van der Waals surface area contributed by atoms with Gasteiger partial charge in [0.05, 0.1) is 6.61 Å². The molecule has 1 unspecified atom stereocenters. The van der Waals surface area contributed by atoms with Gasteiger partial charge in [-0.3, -0.25) is 0 Å². The van der Waals surface area contributed by atoms with E-state index in [-0.39, 0.29) is 0 Å². The number of nitrogens with one attached hydrogen (secondary N) is 1. The molecule has 1 atom stereocenters. The van der Waals surface area contributed by atoms with Gasteiger partial charge in [0, 0.05) is 22.5 Å². The standard InChI is InChI=1S/C13H15NOS/c1-2-12(11-5-7-16-13(11)3-1)15-9-10-4-6-14-8-10/h1-3,5,7,10,14H,4,6,8-9H2. The summed E-state index contributed by atoms with van der Waals surface area (Å²) in [6.45, 7) is 3.07. The van der Waals surface area contributed by atoms with E-state index in [2.05, 4.69) is 35.0 Å².